The van der Waals surface area contributed by atoms with Crippen molar-refractivity contribution in [1.29, 1.82) is 0 Å². The zero-order chi connectivity index (χ0) is 13.8. The van der Waals surface area contributed by atoms with Crippen molar-refractivity contribution in [2.45, 2.75) is 6.92 Å². The van der Waals surface area contributed by atoms with Gasteiger partial charge in [0.1, 0.15) is 5.69 Å². The molecule has 0 saturated heterocycles. The first-order valence-corrected chi connectivity index (χ1v) is 6.55. The van der Waals surface area contributed by atoms with Crippen LogP contribution in [0.5, 0.6) is 0 Å². The molecular formula is C15H15N5. The highest BCUT2D eigenvalue weighted by molar-refractivity contribution is 5.69. The Morgan fingerprint density at radius 1 is 1.00 bits per heavy atom. The summed E-state index contributed by atoms with van der Waals surface area (Å²) in [6, 6.07) is 11.9. The number of anilines is 1. The van der Waals surface area contributed by atoms with Crippen molar-refractivity contribution in [3.8, 4) is 17.1 Å². The molecular weight excluding hydrogens is 250 g/mol. The number of rotatable bonds is 4. The molecule has 0 unspecified atom stereocenters. The van der Waals surface area contributed by atoms with Crippen LogP contribution in [0.2, 0.25) is 0 Å². The van der Waals surface area contributed by atoms with E-state index in [4.69, 9.17) is 0 Å². The first kappa shape index (κ1) is 12.3. The molecule has 1 N–H and O–H groups in total. The number of hydrogen-bond donors (Lipinski definition) is 1. The molecule has 0 aliphatic carbocycles. The van der Waals surface area contributed by atoms with Gasteiger partial charge >= 0.3 is 0 Å². The topological polar surface area (TPSA) is 55.6 Å². The molecule has 2 aromatic heterocycles. The molecule has 100 valence electrons. The summed E-state index contributed by atoms with van der Waals surface area (Å²) in [6.45, 7) is 2.83. The maximum atomic E-state index is 4.44. The van der Waals surface area contributed by atoms with E-state index in [0.717, 1.165) is 29.4 Å². The van der Waals surface area contributed by atoms with Gasteiger partial charge in [0.15, 0.2) is 5.82 Å². The minimum Gasteiger partial charge on any atom is -0.368 e. The standard InChI is InChI=1S/C15H15N5/c1-2-16-15-14(17-10-11-18-15)13-8-9-19-20(13)12-6-4-3-5-7-12/h3-11H,2H2,1H3,(H,16,18). The summed E-state index contributed by atoms with van der Waals surface area (Å²) >= 11 is 0. The van der Waals surface area contributed by atoms with Crippen LogP contribution in [0.1, 0.15) is 6.92 Å². The van der Waals surface area contributed by atoms with Gasteiger partial charge in [0.05, 0.1) is 17.6 Å². The highest BCUT2D eigenvalue weighted by Gasteiger charge is 2.13. The van der Waals surface area contributed by atoms with Gasteiger partial charge in [-0.3, -0.25) is 0 Å². The maximum absolute atomic E-state index is 4.44. The van der Waals surface area contributed by atoms with E-state index >= 15 is 0 Å². The summed E-state index contributed by atoms with van der Waals surface area (Å²) in [5, 5.41) is 7.61. The molecule has 0 aliphatic heterocycles. The Morgan fingerprint density at radius 2 is 1.80 bits per heavy atom. The van der Waals surface area contributed by atoms with Gasteiger partial charge in [-0.1, -0.05) is 18.2 Å². The van der Waals surface area contributed by atoms with Crippen LogP contribution in [0.3, 0.4) is 0 Å². The lowest BCUT2D eigenvalue weighted by atomic mass is 10.2. The van der Waals surface area contributed by atoms with Gasteiger partial charge in [0, 0.05) is 18.9 Å². The fourth-order valence-electron chi connectivity index (χ4n) is 2.08. The number of nitrogens with one attached hydrogen (secondary N) is 1. The maximum Gasteiger partial charge on any atom is 0.154 e. The Bertz CT molecular complexity index is 690. The predicted molar refractivity (Wildman–Crippen MR) is 78.8 cm³/mol. The van der Waals surface area contributed by atoms with Crippen LogP contribution in [0.15, 0.2) is 55.0 Å². The van der Waals surface area contributed by atoms with Gasteiger partial charge in [0.25, 0.3) is 0 Å². The first-order valence-electron chi connectivity index (χ1n) is 6.55. The van der Waals surface area contributed by atoms with Crippen molar-refractivity contribution in [3.05, 3.63) is 55.0 Å². The van der Waals surface area contributed by atoms with Crippen LogP contribution in [-0.2, 0) is 0 Å². The van der Waals surface area contributed by atoms with Gasteiger partial charge < -0.3 is 5.32 Å². The third-order valence-electron chi connectivity index (χ3n) is 2.93. The second kappa shape index (κ2) is 5.52. The molecule has 0 spiro atoms. The van der Waals surface area contributed by atoms with Crippen molar-refractivity contribution >= 4 is 5.82 Å². The van der Waals surface area contributed by atoms with Gasteiger partial charge in [0.2, 0.25) is 0 Å². The zero-order valence-electron chi connectivity index (χ0n) is 11.2. The van der Waals surface area contributed by atoms with Gasteiger partial charge in [-0.25, -0.2) is 14.6 Å². The summed E-state index contributed by atoms with van der Waals surface area (Å²) in [5.41, 5.74) is 2.72. The van der Waals surface area contributed by atoms with Crippen LogP contribution in [0.25, 0.3) is 17.1 Å². The molecule has 20 heavy (non-hydrogen) atoms. The predicted octanol–water partition coefficient (Wildman–Crippen LogP) is 2.76. The van der Waals surface area contributed by atoms with Crippen molar-refractivity contribution < 1.29 is 0 Å². The Hall–Kier alpha value is -2.69. The zero-order valence-corrected chi connectivity index (χ0v) is 11.2. The Kier molecular flexibility index (Phi) is 3.41. The van der Waals surface area contributed by atoms with Crippen molar-refractivity contribution in [2.24, 2.45) is 0 Å². The monoisotopic (exact) mass is 265 g/mol. The van der Waals surface area contributed by atoms with E-state index in [1.165, 1.54) is 0 Å². The second-order valence-corrected chi connectivity index (χ2v) is 4.25. The summed E-state index contributed by atoms with van der Waals surface area (Å²) in [5.74, 6) is 0.771. The molecule has 0 aliphatic rings. The van der Waals surface area contributed by atoms with E-state index < -0.39 is 0 Å². The Morgan fingerprint density at radius 3 is 2.60 bits per heavy atom. The van der Waals surface area contributed by atoms with E-state index in [2.05, 4.69) is 20.4 Å². The lowest BCUT2D eigenvalue weighted by molar-refractivity contribution is 0.882. The summed E-state index contributed by atoms with van der Waals surface area (Å²) in [6.07, 6.45) is 5.15. The second-order valence-electron chi connectivity index (χ2n) is 4.25. The van der Waals surface area contributed by atoms with Crippen LogP contribution in [0, 0.1) is 0 Å². The van der Waals surface area contributed by atoms with Gasteiger partial charge in [-0.2, -0.15) is 5.10 Å². The molecule has 0 atom stereocenters. The number of benzene rings is 1. The van der Waals surface area contributed by atoms with Crippen LogP contribution >= 0.6 is 0 Å². The van der Waals surface area contributed by atoms with Crippen molar-refractivity contribution in [3.63, 3.8) is 0 Å². The average Bonchev–Trinajstić information content (AvgIpc) is 2.98. The molecule has 0 bridgehead atoms. The van der Waals surface area contributed by atoms with Gasteiger partial charge in [-0.05, 0) is 25.1 Å². The Labute approximate surface area is 117 Å². The molecule has 0 fully saturated rings. The Balaban J connectivity index is 2.11. The fraction of sp³-hybridized carbons (Fsp3) is 0.133. The molecule has 5 nitrogen and oxygen atoms in total. The molecule has 5 heteroatoms. The first-order chi connectivity index (χ1) is 9.90. The minimum absolute atomic E-state index is 0.771. The van der Waals surface area contributed by atoms with E-state index in [1.54, 1.807) is 18.6 Å². The SMILES string of the molecule is CCNc1nccnc1-c1ccnn1-c1ccccc1. The van der Waals surface area contributed by atoms with E-state index in [9.17, 15) is 0 Å². The smallest absolute Gasteiger partial charge is 0.154 e. The lowest BCUT2D eigenvalue weighted by Crippen LogP contribution is -2.05. The minimum atomic E-state index is 0.771. The molecule has 3 rings (SSSR count). The summed E-state index contributed by atoms with van der Waals surface area (Å²) in [7, 11) is 0. The van der Waals surface area contributed by atoms with E-state index in [0.29, 0.717) is 0 Å². The molecule has 0 saturated carbocycles. The van der Waals surface area contributed by atoms with Crippen LogP contribution in [-0.4, -0.2) is 26.3 Å². The quantitative estimate of drug-likeness (QED) is 0.788. The van der Waals surface area contributed by atoms with Crippen molar-refractivity contribution in [2.75, 3.05) is 11.9 Å². The summed E-state index contributed by atoms with van der Waals surface area (Å²) < 4.78 is 1.87. The largest absolute Gasteiger partial charge is 0.368 e. The number of para-hydroxylation sites is 1. The highest BCUT2D eigenvalue weighted by Crippen LogP contribution is 2.25. The van der Waals surface area contributed by atoms with Crippen LogP contribution in [0.4, 0.5) is 5.82 Å². The highest BCUT2D eigenvalue weighted by atomic mass is 15.3. The normalized spacial score (nSPS) is 10.4. The molecule has 3 aromatic rings. The average molecular weight is 265 g/mol. The lowest BCUT2D eigenvalue weighted by Gasteiger charge is -2.10. The third kappa shape index (κ3) is 2.25. The number of hydrogen-bond acceptors (Lipinski definition) is 4. The van der Waals surface area contributed by atoms with Crippen molar-refractivity contribution in [1.82, 2.24) is 19.7 Å². The molecule has 1 aromatic carbocycles. The van der Waals surface area contributed by atoms with Crippen LogP contribution < -0.4 is 5.32 Å². The van der Waals surface area contributed by atoms with Gasteiger partial charge in [-0.15, -0.1) is 0 Å². The van der Waals surface area contributed by atoms with E-state index in [-0.39, 0.29) is 0 Å². The number of aromatic nitrogens is 4. The number of nitrogens with zero attached hydrogens (tertiary/aromatic N) is 4. The molecule has 2 heterocycles. The molecule has 0 radical (unpaired) electrons. The summed E-state index contributed by atoms with van der Waals surface area (Å²) in [4.78, 5) is 8.78. The fourth-order valence-corrected chi connectivity index (χ4v) is 2.08. The molecule has 0 amide bonds. The third-order valence-corrected chi connectivity index (χ3v) is 2.93. The van der Waals surface area contributed by atoms with E-state index in [1.807, 2.05) is 48.0 Å².